The summed E-state index contributed by atoms with van der Waals surface area (Å²) in [7, 11) is 0. The average molecular weight is 419 g/mol. The monoisotopic (exact) mass is 418 g/mol. The number of quaternary nitrogens is 1. The Balaban J connectivity index is 1.37. The zero-order valence-corrected chi connectivity index (χ0v) is 17.6. The largest absolute Gasteiger partial charge is 0.329 e. The lowest BCUT2D eigenvalue weighted by Gasteiger charge is -2.40. The SMILES string of the molecule is O=c1c(/C=C/c2ccc(Cl)cc2)ccc2n1C[C@H]1C[C@@H]2C[NH+](Cc2ccccn2)C1. The van der Waals surface area contributed by atoms with Crippen molar-refractivity contribution in [2.24, 2.45) is 5.92 Å². The van der Waals surface area contributed by atoms with Crippen molar-refractivity contribution in [1.29, 1.82) is 0 Å². The van der Waals surface area contributed by atoms with Crippen LogP contribution in [-0.4, -0.2) is 22.6 Å². The molecule has 152 valence electrons. The van der Waals surface area contributed by atoms with Crippen LogP contribution in [0.5, 0.6) is 0 Å². The molecule has 1 unspecified atom stereocenters. The van der Waals surface area contributed by atoms with Crippen molar-refractivity contribution in [3.8, 4) is 0 Å². The van der Waals surface area contributed by atoms with Crippen molar-refractivity contribution < 1.29 is 4.90 Å². The van der Waals surface area contributed by atoms with Gasteiger partial charge in [0.15, 0.2) is 0 Å². The van der Waals surface area contributed by atoms with Crippen LogP contribution in [0.25, 0.3) is 12.2 Å². The molecule has 2 aromatic heterocycles. The van der Waals surface area contributed by atoms with Gasteiger partial charge in [-0.1, -0.05) is 35.9 Å². The Morgan fingerprint density at radius 2 is 1.93 bits per heavy atom. The van der Waals surface area contributed by atoms with E-state index in [2.05, 4.69) is 23.2 Å². The fraction of sp³-hybridized carbons (Fsp3) is 0.280. The number of piperidine rings is 1. The molecule has 2 aliphatic heterocycles. The number of pyridine rings is 2. The summed E-state index contributed by atoms with van der Waals surface area (Å²) in [5.74, 6) is 0.987. The molecule has 1 fully saturated rings. The van der Waals surface area contributed by atoms with Crippen molar-refractivity contribution in [3.63, 3.8) is 0 Å². The van der Waals surface area contributed by atoms with Crippen LogP contribution in [0, 0.1) is 5.92 Å². The van der Waals surface area contributed by atoms with Gasteiger partial charge in [0.05, 0.1) is 18.8 Å². The standard InChI is InChI=1S/C25H24ClN3O/c26-22-9-5-18(6-10-22)4-7-20-8-11-24-21-13-19(15-29(24)25(20)30)14-28(16-21)17-23-3-1-2-12-27-23/h1-12,19,21H,13-17H2/p+1/b7-4+/t19-,21+/m0/s1. The third kappa shape index (κ3) is 3.98. The number of rotatable bonds is 4. The van der Waals surface area contributed by atoms with Gasteiger partial charge >= 0.3 is 0 Å². The van der Waals surface area contributed by atoms with Crippen LogP contribution < -0.4 is 10.5 Å². The number of hydrogen-bond donors (Lipinski definition) is 1. The van der Waals surface area contributed by atoms with E-state index in [1.54, 1.807) is 4.90 Å². The predicted octanol–water partition coefficient (Wildman–Crippen LogP) is 3.27. The van der Waals surface area contributed by atoms with Gasteiger partial charge in [-0.25, -0.2) is 0 Å². The van der Waals surface area contributed by atoms with E-state index in [0.717, 1.165) is 43.0 Å². The highest BCUT2D eigenvalue weighted by Crippen LogP contribution is 2.30. The second-order valence-electron chi connectivity index (χ2n) is 8.47. The second kappa shape index (κ2) is 8.21. The molecule has 1 saturated heterocycles. The van der Waals surface area contributed by atoms with Crippen LogP contribution in [0.1, 0.15) is 34.9 Å². The normalized spacial score (nSPS) is 22.8. The summed E-state index contributed by atoms with van der Waals surface area (Å²) in [6.45, 7) is 3.94. The Hall–Kier alpha value is -2.69. The van der Waals surface area contributed by atoms with E-state index < -0.39 is 0 Å². The second-order valence-corrected chi connectivity index (χ2v) is 8.91. The van der Waals surface area contributed by atoms with Gasteiger partial charge in [0, 0.05) is 40.9 Å². The van der Waals surface area contributed by atoms with Crippen molar-refractivity contribution >= 4 is 23.8 Å². The molecule has 2 aliphatic rings. The van der Waals surface area contributed by atoms with Gasteiger partial charge in [0.2, 0.25) is 0 Å². The van der Waals surface area contributed by atoms with Gasteiger partial charge in [-0.05, 0) is 54.5 Å². The molecular formula is C25H25ClN3O+. The minimum absolute atomic E-state index is 0.126. The lowest BCUT2D eigenvalue weighted by molar-refractivity contribution is -0.924. The number of aromatic nitrogens is 2. The average Bonchev–Trinajstić information content (AvgIpc) is 2.75. The van der Waals surface area contributed by atoms with E-state index in [-0.39, 0.29) is 5.56 Å². The fourth-order valence-corrected chi connectivity index (χ4v) is 5.10. The Morgan fingerprint density at radius 1 is 1.07 bits per heavy atom. The maximum absolute atomic E-state index is 13.2. The summed E-state index contributed by atoms with van der Waals surface area (Å²) in [5.41, 5.74) is 4.24. The zero-order valence-electron chi connectivity index (χ0n) is 16.8. The molecule has 5 rings (SSSR count). The first-order valence-corrected chi connectivity index (χ1v) is 10.9. The van der Waals surface area contributed by atoms with Crippen molar-refractivity contribution in [2.45, 2.75) is 25.4 Å². The topological polar surface area (TPSA) is 39.3 Å². The molecule has 0 amide bonds. The molecule has 1 aromatic carbocycles. The molecule has 3 atom stereocenters. The Morgan fingerprint density at radius 3 is 2.73 bits per heavy atom. The molecular weight excluding hydrogens is 394 g/mol. The van der Waals surface area contributed by atoms with E-state index in [1.165, 1.54) is 12.1 Å². The highest BCUT2D eigenvalue weighted by molar-refractivity contribution is 6.30. The van der Waals surface area contributed by atoms with Crippen molar-refractivity contribution in [1.82, 2.24) is 9.55 Å². The molecule has 30 heavy (non-hydrogen) atoms. The van der Waals surface area contributed by atoms with Crippen LogP contribution in [0.2, 0.25) is 5.02 Å². The van der Waals surface area contributed by atoms with Gasteiger partial charge in [-0.15, -0.1) is 0 Å². The number of hydrogen-bond acceptors (Lipinski definition) is 2. The van der Waals surface area contributed by atoms with Gasteiger partial charge in [-0.3, -0.25) is 9.78 Å². The molecule has 2 bridgehead atoms. The van der Waals surface area contributed by atoms with Crippen LogP contribution in [0.3, 0.4) is 0 Å². The molecule has 5 heteroatoms. The predicted molar refractivity (Wildman–Crippen MR) is 121 cm³/mol. The third-order valence-electron chi connectivity index (χ3n) is 6.31. The number of nitrogens with zero attached hydrogens (tertiary/aromatic N) is 2. The van der Waals surface area contributed by atoms with E-state index in [9.17, 15) is 4.79 Å². The number of nitrogens with one attached hydrogen (secondary N) is 1. The van der Waals surface area contributed by atoms with Gasteiger partial charge < -0.3 is 9.47 Å². The zero-order chi connectivity index (χ0) is 20.5. The lowest BCUT2D eigenvalue weighted by atomic mass is 9.83. The number of halogens is 1. The molecule has 0 radical (unpaired) electrons. The Kier molecular flexibility index (Phi) is 5.28. The minimum atomic E-state index is 0.126. The summed E-state index contributed by atoms with van der Waals surface area (Å²) in [6, 6.07) is 17.9. The fourth-order valence-electron chi connectivity index (χ4n) is 4.98. The van der Waals surface area contributed by atoms with Gasteiger partial charge in [0.25, 0.3) is 5.56 Å². The van der Waals surface area contributed by atoms with E-state index in [0.29, 0.717) is 16.9 Å². The number of likely N-dealkylation sites (tertiary alicyclic amines) is 1. The van der Waals surface area contributed by atoms with Crippen LogP contribution in [0.15, 0.2) is 65.6 Å². The number of fused-ring (bicyclic) bond motifs is 4. The summed E-state index contributed by atoms with van der Waals surface area (Å²) in [4.78, 5) is 19.2. The maximum Gasteiger partial charge on any atom is 0.258 e. The summed E-state index contributed by atoms with van der Waals surface area (Å²) >= 11 is 5.95. The summed E-state index contributed by atoms with van der Waals surface area (Å²) < 4.78 is 2.03. The minimum Gasteiger partial charge on any atom is -0.329 e. The van der Waals surface area contributed by atoms with Crippen LogP contribution in [-0.2, 0) is 13.1 Å². The van der Waals surface area contributed by atoms with E-state index in [1.807, 2.05) is 59.3 Å². The smallest absolute Gasteiger partial charge is 0.258 e. The lowest BCUT2D eigenvalue weighted by Crippen LogP contribution is -3.13. The van der Waals surface area contributed by atoms with Crippen LogP contribution in [0.4, 0.5) is 0 Å². The molecule has 0 saturated carbocycles. The highest BCUT2D eigenvalue weighted by Gasteiger charge is 2.37. The first-order chi connectivity index (χ1) is 14.7. The first kappa shape index (κ1) is 19.3. The maximum atomic E-state index is 13.2. The summed E-state index contributed by atoms with van der Waals surface area (Å²) in [5, 5.41) is 0.715. The molecule has 4 nitrogen and oxygen atoms in total. The number of benzene rings is 1. The molecule has 0 aliphatic carbocycles. The van der Waals surface area contributed by atoms with Gasteiger partial charge in [0.1, 0.15) is 6.54 Å². The Bertz CT molecular complexity index is 1120. The van der Waals surface area contributed by atoms with E-state index >= 15 is 0 Å². The van der Waals surface area contributed by atoms with Crippen LogP contribution >= 0.6 is 11.6 Å². The van der Waals surface area contributed by atoms with Crippen molar-refractivity contribution in [2.75, 3.05) is 13.1 Å². The molecule has 4 heterocycles. The van der Waals surface area contributed by atoms with E-state index in [4.69, 9.17) is 11.6 Å². The molecule has 1 N–H and O–H groups in total. The third-order valence-corrected chi connectivity index (χ3v) is 6.56. The van der Waals surface area contributed by atoms with Gasteiger partial charge in [-0.2, -0.15) is 0 Å². The molecule has 3 aromatic rings. The highest BCUT2D eigenvalue weighted by atomic mass is 35.5. The quantitative estimate of drug-likeness (QED) is 0.706. The van der Waals surface area contributed by atoms with Crippen molar-refractivity contribution in [3.05, 3.63) is 98.7 Å². The molecule has 0 spiro atoms. The first-order valence-electron chi connectivity index (χ1n) is 10.6. The summed E-state index contributed by atoms with van der Waals surface area (Å²) in [6.07, 6.45) is 6.95. The Labute approximate surface area is 181 Å².